The normalized spacial score (nSPS) is 11.5. The standard InChI is InChI=1S/C12H16N2O/c1-14(2)7-10-8-15-12-4-3-9(6-13)5-11(10)12/h3-5,8H,6-7,13H2,1-2H3. The Morgan fingerprint density at radius 1 is 1.33 bits per heavy atom. The van der Waals surface area contributed by atoms with Crippen LogP contribution in [-0.2, 0) is 13.1 Å². The predicted octanol–water partition coefficient (Wildman–Crippen LogP) is 1.95. The van der Waals surface area contributed by atoms with Gasteiger partial charge in [0.05, 0.1) is 6.26 Å². The van der Waals surface area contributed by atoms with E-state index in [1.807, 2.05) is 32.5 Å². The van der Waals surface area contributed by atoms with Crippen LogP contribution >= 0.6 is 0 Å². The molecule has 0 fully saturated rings. The van der Waals surface area contributed by atoms with E-state index < -0.39 is 0 Å². The number of benzene rings is 1. The summed E-state index contributed by atoms with van der Waals surface area (Å²) in [5.74, 6) is 0. The van der Waals surface area contributed by atoms with E-state index in [0.717, 1.165) is 17.7 Å². The van der Waals surface area contributed by atoms with Gasteiger partial charge in [-0.25, -0.2) is 0 Å². The minimum Gasteiger partial charge on any atom is -0.464 e. The van der Waals surface area contributed by atoms with Gasteiger partial charge < -0.3 is 15.1 Å². The summed E-state index contributed by atoms with van der Waals surface area (Å²) in [7, 11) is 4.09. The minimum atomic E-state index is 0.572. The molecule has 3 nitrogen and oxygen atoms in total. The Hall–Kier alpha value is -1.32. The molecular weight excluding hydrogens is 188 g/mol. The van der Waals surface area contributed by atoms with Gasteiger partial charge in [-0.15, -0.1) is 0 Å². The molecule has 0 saturated heterocycles. The first-order chi connectivity index (χ1) is 7.20. The highest BCUT2D eigenvalue weighted by Crippen LogP contribution is 2.23. The Bertz CT molecular complexity index is 460. The van der Waals surface area contributed by atoms with Crippen molar-refractivity contribution in [3.8, 4) is 0 Å². The van der Waals surface area contributed by atoms with E-state index in [0.29, 0.717) is 6.54 Å². The van der Waals surface area contributed by atoms with Gasteiger partial charge in [0.15, 0.2) is 0 Å². The van der Waals surface area contributed by atoms with Crippen molar-refractivity contribution in [1.82, 2.24) is 4.90 Å². The lowest BCUT2D eigenvalue weighted by atomic mass is 10.1. The molecule has 2 aromatic rings. The van der Waals surface area contributed by atoms with E-state index in [4.69, 9.17) is 10.2 Å². The lowest BCUT2D eigenvalue weighted by Gasteiger charge is -2.07. The first kappa shape index (κ1) is 10.2. The Balaban J connectivity index is 2.46. The maximum absolute atomic E-state index is 5.62. The zero-order chi connectivity index (χ0) is 10.8. The second-order valence-corrected chi connectivity index (χ2v) is 4.03. The summed E-state index contributed by atoms with van der Waals surface area (Å²) in [4.78, 5) is 2.12. The second kappa shape index (κ2) is 4.04. The van der Waals surface area contributed by atoms with Crippen LogP contribution in [0.25, 0.3) is 11.0 Å². The van der Waals surface area contributed by atoms with E-state index in [1.54, 1.807) is 0 Å². The molecule has 0 saturated carbocycles. The molecule has 0 aliphatic heterocycles. The lowest BCUT2D eigenvalue weighted by Crippen LogP contribution is -2.10. The quantitative estimate of drug-likeness (QED) is 0.831. The maximum Gasteiger partial charge on any atom is 0.134 e. The highest BCUT2D eigenvalue weighted by Gasteiger charge is 2.06. The van der Waals surface area contributed by atoms with E-state index >= 15 is 0 Å². The molecule has 0 aliphatic rings. The number of fused-ring (bicyclic) bond motifs is 1. The zero-order valence-electron chi connectivity index (χ0n) is 9.16. The Morgan fingerprint density at radius 2 is 2.13 bits per heavy atom. The van der Waals surface area contributed by atoms with Crippen LogP contribution in [0.5, 0.6) is 0 Å². The molecule has 1 aromatic carbocycles. The zero-order valence-corrected chi connectivity index (χ0v) is 9.16. The number of hydrogen-bond donors (Lipinski definition) is 1. The molecule has 3 heteroatoms. The average molecular weight is 204 g/mol. The summed E-state index contributed by atoms with van der Waals surface area (Å²) in [5.41, 5.74) is 8.91. The predicted molar refractivity (Wildman–Crippen MR) is 61.5 cm³/mol. The van der Waals surface area contributed by atoms with Crippen LogP contribution < -0.4 is 5.73 Å². The molecule has 0 unspecified atom stereocenters. The van der Waals surface area contributed by atoms with E-state index in [-0.39, 0.29) is 0 Å². The summed E-state index contributed by atoms with van der Waals surface area (Å²) in [6, 6.07) is 6.10. The topological polar surface area (TPSA) is 42.4 Å². The van der Waals surface area contributed by atoms with Crippen LogP contribution in [0.15, 0.2) is 28.9 Å². The molecule has 2 N–H and O–H groups in total. The fourth-order valence-corrected chi connectivity index (χ4v) is 1.72. The highest BCUT2D eigenvalue weighted by atomic mass is 16.3. The molecule has 15 heavy (non-hydrogen) atoms. The smallest absolute Gasteiger partial charge is 0.134 e. The molecular formula is C12H16N2O. The first-order valence-electron chi connectivity index (χ1n) is 5.04. The van der Waals surface area contributed by atoms with Crippen molar-refractivity contribution in [1.29, 1.82) is 0 Å². The maximum atomic E-state index is 5.62. The summed E-state index contributed by atoms with van der Waals surface area (Å²) < 4.78 is 5.48. The van der Waals surface area contributed by atoms with Gasteiger partial charge in [-0.3, -0.25) is 0 Å². The van der Waals surface area contributed by atoms with Crippen molar-refractivity contribution >= 4 is 11.0 Å². The van der Waals surface area contributed by atoms with Gasteiger partial charge >= 0.3 is 0 Å². The largest absolute Gasteiger partial charge is 0.464 e. The van der Waals surface area contributed by atoms with Gasteiger partial charge in [0, 0.05) is 24.0 Å². The van der Waals surface area contributed by atoms with Crippen LogP contribution in [0, 0.1) is 0 Å². The summed E-state index contributed by atoms with van der Waals surface area (Å²) in [6.07, 6.45) is 1.82. The fraction of sp³-hybridized carbons (Fsp3) is 0.333. The second-order valence-electron chi connectivity index (χ2n) is 4.03. The number of nitrogens with zero attached hydrogens (tertiary/aromatic N) is 1. The Morgan fingerprint density at radius 3 is 2.80 bits per heavy atom. The Labute approximate surface area is 89.5 Å². The van der Waals surface area contributed by atoms with E-state index in [2.05, 4.69) is 11.0 Å². The number of hydrogen-bond acceptors (Lipinski definition) is 3. The van der Waals surface area contributed by atoms with Crippen molar-refractivity contribution in [2.24, 2.45) is 5.73 Å². The molecule has 0 radical (unpaired) electrons. The molecule has 2 rings (SSSR count). The molecule has 1 aromatic heterocycles. The van der Waals surface area contributed by atoms with Crippen molar-refractivity contribution < 1.29 is 4.42 Å². The molecule has 0 amide bonds. The third kappa shape index (κ3) is 2.03. The molecule has 1 heterocycles. The van der Waals surface area contributed by atoms with Gasteiger partial charge in [-0.2, -0.15) is 0 Å². The van der Waals surface area contributed by atoms with Crippen molar-refractivity contribution in [3.05, 3.63) is 35.6 Å². The van der Waals surface area contributed by atoms with Crippen LogP contribution in [0.3, 0.4) is 0 Å². The summed E-state index contributed by atoms with van der Waals surface area (Å²) >= 11 is 0. The van der Waals surface area contributed by atoms with E-state index in [9.17, 15) is 0 Å². The first-order valence-corrected chi connectivity index (χ1v) is 5.04. The van der Waals surface area contributed by atoms with Crippen molar-refractivity contribution in [2.45, 2.75) is 13.1 Å². The van der Waals surface area contributed by atoms with Gasteiger partial charge in [-0.05, 0) is 31.8 Å². The van der Waals surface area contributed by atoms with Gasteiger partial charge in [0.1, 0.15) is 5.58 Å². The van der Waals surface area contributed by atoms with Crippen LogP contribution in [0.1, 0.15) is 11.1 Å². The summed E-state index contributed by atoms with van der Waals surface area (Å²) in [5, 5.41) is 1.17. The van der Waals surface area contributed by atoms with Crippen LogP contribution in [0.2, 0.25) is 0 Å². The lowest BCUT2D eigenvalue weighted by molar-refractivity contribution is 0.401. The third-order valence-electron chi connectivity index (χ3n) is 2.44. The average Bonchev–Trinajstić information content (AvgIpc) is 2.60. The van der Waals surface area contributed by atoms with E-state index in [1.165, 1.54) is 10.9 Å². The summed E-state index contributed by atoms with van der Waals surface area (Å²) in [6.45, 7) is 1.46. The fourth-order valence-electron chi connectivity index (χ4n) is 1.72. The Kier molecular flexibility index (Phi) is 2.75. The monoisotopic (exact) mass is 204 g/mol. The SMILES string of the molecule is CN(C)Cc1coc2ccc(CN)cc12. The van der Waals surface area contributed by atoms with Gasteiger partial charge in [0.2, 0.25) is 0 Å². The highest BCUT2D eigenvalue weighted by molar-refractivity contribution is 5.81. The number of rotatable bonds is 3. The van der Waals surface area contributed by atoms with Gasteiger partial charge in [-0.1, -0.05) is 6.07 Å². The molecule has 0 bridgehead atoms. The van der Waals surface area contributed by atoms with Gasteiger partial charge in [0.25, 0.3) is 0 Å². The van der Waals surface area contributed by atoms with Crippen molar-refractivity contribution in [2.75, 3.05) is 14.1 Å². The molecule has 0 atom stereocenters. The molecule has 0 spiro atoms. The minimum absolute atomic E-state index is 0.572. The third-order valence-corrected chi connectivity index (χ3v) is 2.44. The molecule has 80 valence electrons. The number of furan rings is 1. The van der Waals surface area contributed by atoms with Crippen LogP contribution in [0.4, 0.5) is 0 Å². The number of nitrogens with two attached hydrogens (primary N) is 1. The van der Waals surface area contributed by atoms with Crippen LogP contribution in [-0.4, -0.2) is 19.0 Å². The van der Waals surface area contributed by atoms with Crippen molar-refractivity contribution in [3.63, 3.8) is 0 Å². The molecule has 0 aliphatic carbocycles.